The van der Waals surface area contributed by atoms with Crippen LogP contribution in [0.4, 0.5) is 0 Å². The molecule has 1 amide bonds. The van der Waals surface area contributed by atoms with Crippen molar-refractivity contribution < 1.29 is 4.79 Å². The number of carbonyl (C=O) groups is 1. The van der Waals surface area contributed by atoms with Crippen molar-refractivity contribution in [3.63, 3.8) is 0 Å². The number of hydrogen-bond donors (Lipinski definition) is 0. The summed E-state index contributed by atoms with van der Waals surface area (Å²) >= 11 is 0. The molecule has 0 N–H and O–H groups in total. The van der Waals surface area contributed by atoms with Gasteiger partial charge >= 0.3 is 0 Å². The maximum absolute atomic E-state index is 12.7. The minimum absolute atomic E-state index is 0.00370. The van der Waals surface area contributed by atoms with Crippen LogP contribution in [0.1, 0.15) is 35.0 Å². The fourth-order valence-corrected chi connectivity index (χ4v) is 2.82. The number of carbonyl (C=O) groups excluding carboxylic acids is 1. The van der Waals surface area contributed by atoms with Crippen molar-refractivity contribution in [2.24, 2.45) is 0 Å². The van der Waals surface area contributed by atoms with E-state index in [4.69, 9.17) is 0 Å². The van der Waals surface area contributed by atoms with E-state index in [0.717, 1.165) is 29.9 Å². The van der Waals surface area contributed by atoms with Gasteiger partial charge in [-0.25, -0.2) is 4.68 Å². The summed E-state index contributed by atoms with van der Waals surface area (Å²) in [6.45, 7) is 5.43. The molecule has 0 fully saturated rings. The summed E-state index contributed by atoms with van der Waals surface area (Å²) in [5.74, 6) is -0.00370. The number of hydrogen-bond acceptors (Lipinski definition) is 3. The van der Waals surface area contributed by atoms with Crippen LogP contribution >= 0.6 is 0 Å². The molecule has 0 radical (unpaired) electrons. The molecule has 25 heavy (non-hydrogen) atoms. The van der Waals surface area contributed by atoms with E-state index in [1.54, 1.807) is 17.3 Å². The molecule has 0 bridgehead atoms. The molecule has 0 saturated carbocycles. The van der Waals surface area contributed by atoms with Crippen LogP contribution in [0.2, 0.25) is 0 Å². The second kappa shape index (κ2) is 7.34. The van der Waals surface area contributed by atoms with E-state index in [1.807, 2.05) is 59.9 Å². The fourth-order valence-electron chi connectivity index (χ4n) is 2.82. The minimum atomic E-state index is -0.00370. The van der Waals surface area contributed by atoms with Crippen LogP contribution in [0.25, 0.3) is 5.69 Å². The van der Waals surface area contributed by atoms with Crippen LogP contribution in [0, 0.1) is 6.92 Å². The number of rotatable bonds is 6. The van der Waals surface area contributed by atoms with Crippen LogP contribution in [-0.4, -0.2) is 37.4 Å². The van der Waals surface area contributed by atoms with Crippen LogP contribution in [0.15, 0.2) is 48.9 Å². The van der Waals surface area contributed by atoms with Gasteiger partial charge in [-0.05, 0) is 37.1 Å². The van der Waals surface area contributed by atoms with Gasteiger partial charge in [0.25, 0.3) is 5.91 Å². The topological polar surface area (TPSA) is 56.0 Å². The van der Waals surface area contributed by atoms with Gasteiger partial charge in [0.15, 0.2) is 0 Å². The number of amides is 1. The first kappa shape index (κ1) is 17.0. The van der Waals surface area contributed by atoms with E-state index in [-0.39, 0.29) is 5.91 Å². The Labute approximate surface area is 147 Å². The molecular weight excluding hydrogens is 314 g/mol. The van der Waals surface area contributed by atoms with Crippen LogP contribution < -0.4 is 0 Å². The summed E-state index contributed by atoms with van der Waals surface area (Å²) in [6, 6.07) is 9.94. The second-order valence-corrected chi connectivity index (χ2v) is 6.15. The Balaban J connectivity index is 1.69. The molecule has 0 saturated heterocycles. The van der Waals surface area contributed by atoms with Crippen molar-refractivity contribution in [1.29, 1.82) is 0 Å². The van der Waals surface area contributed by atoms with Crippen LogP contribution in [-0.2, 0) is 13.1 Å². The average Bonchev–Trinajstić information content (AvgIpc) is 3.26. The lowest BCUT2D eigenvalue weighted by Gasteiger charge is -2.17. The zero-order chi connectivity index (χ0) is 17.8. The summed E-state index contributed by atoms with van der Waals surface area (Å²) in [6.07, 6.45) is 6.32. The number of benzene rings is 1. The largest absolute Gasteiger partial charge is 0.337 e. The van der Waals surface area contributed by atoms with E-state index >= 15 is 0 Å². The van der Waals surface area contributed by atoms with Crippen molar-refractivity contribution in [1.82, 2.24) is 24.5 Å². The highest BCUT2D eigenvalue weighted by molar-refractivity contribution is 5.94. The zero-order valence-corrected chi connectivity index (χ0v) is 14.9. The Morgan fingerprint density at radius 2 is 1.96 bits per heavy atom. The van der Waals surface area contributed by atoms with Crippen molar-refractivity contribution in [3.05, 3.63) is 65.7 Å². The molecule has 6 heteroatoms. The highest BCUT2D eigenvalue weighted by Crippen LogP contribution is 2.14. The predicted octanol–water partition coefficient (Wildman–Crippen LogP) is 3.06. The van der Waals surface area contributed by atoms with Gasteiger partial charge in [-0.2, -0.15) is 10.2 Å². The van der Waals surface area contributed by atoms with Gasteiger partial charge in [0, 0.05) is 38.2 Å². The van der Waals surface area contributed by atoms with Crippen molar-refractivity contribution >= 4 is 5.91 Å². The summed E-state index contributed by atoms with van der Waals surface area (Å²) in [4.78, 5) is 14.4. The standard InChI is InChI=1S/C19H23N5O/c1-4-11-23-15(2)18(13-21-23)19(25)22(3)14-16-6-8-17(9-7-16)24-12-5-10-20-24/h5-10,12-13H,4,11,14H2,1-3H3. The predicted molar refractivity (Wildman–Crippen MR) is 96.6 cm³/mol. The number of aryl methyl sites for hydroxylation is 1. The van der Waals surface area contributed by atoms with E-state index in [1.165, 1.54) is 0 Å². The monoisotopic (exact) mass is 337 g/mol. The quantitative estimate of drug-likeness (QED) is 0.695. The summed E-state index contributed by atoms with van der Waals surface area (Å²) in [7, 11) is 1.82. The van der Waals surface area contributed by atoms with E-state index in [0.29, 0.717) is 12.1 Å². The fraction of sp³-hybridized carbons (Fsp3) is 0.316. The average molecular weight is 337 g/mol. The molecule has 2 aromatic heterocycles. The van der Waals surface area contributed by atoms with Crippen LogP contribution in [0.3, 0.4) is 0 Å². The molecule has 2 heterocycles. The second-order valence-electron chi connectivity index (χ2n) is 6.15. The summed E-state index contributed by atoms with van der Waals surface area (Å²) in [5.41, 5.74) is 3.67. The molecule has 130 valence electrons. The SMILES string of the molecule is CCCn1ncc(C(=O)N(C)Cc2ccc(-n3cccn3)cc2)c1C. The molecular formula is C19H23N5O. The molecule has 3 rings (SSSR count). The van der Waals surface area contributed by atoms with Gasteiger partial charge in [-0.3, -0.25) is 9.48 Å². The maximum Gasteiger partial charge on any atom is 0.257 e. The lowest BCUT2D eigenvalue weighted by molar-refractivity contribution is 0.0784. The third-order valence-corrected chi connectivity index (χ3v) is 4.24. The zero-order valence-electron chi connectivity index (χ0n) is 14.9. The van der Waals surface area contributed by atoms with Crippen molar-refractivity contribution in [3.8, 4) is 5.69 Å². The Bertz CT molecular complexity index is 833. The Kier molecular flexibility index (Phi) is 4.97. The van der Waals surface area contributed by atoms with Crippen molar-refractivity contribution in [2.75, 3.05) is 7.05 Å². The maximum atomic E-state index is 12.7. The van der Waals surface area contributed by atoms with Crippen LogP contribution in [0.5, 0.6) is 0 Å². The summed E-state index contributed by atoms with van der Waals surface area (Å²) < 4.78 is 3.70. The first-order valence-corrected chi connectivity index (χ1v) is 8.47. The highest BCUT2D eigenvalue weighted by atomic mass is 16.2. The van der Waals surface area contributed by atoms with Gasteiger partial charge in [0.2, 0.25) is 0 Å². The van der Waals surface area contributed by atoms with E-state index in [9.17, 15) is 4.79 Å². The lowest BCUT2D eigenvalue weighted by atomic mass is 10.1. The van der Waals surface area contributed by atoms with Gasteiger partial charge in [0.05, 0.1) is 17.4 Å². The molecule has 0 unspecified atom stereocenters. The van der Waals surface area contributed by atoms with Gasteiger partial charge in [-0.15, -0.1) is 0 Å². The van der Waals surface area contributed by atoms with Crippen molar-refractivity contribution in [2.45, 2.75) is 33.4 Å². The molecule has 0 aliphatic heterocycles. The molecule has 3 aromatic rings. The highest BCUT2D eigenvalue weighted by Gasteiger charge is 2.18. The molecule has 0 spiro atoms. The van der Waals surface area contributed by atoms with Gasteiger partial charge in [-0.1, -0.05) is 19.1 Å². The van der Waals surface area contributed by atoms with Gasteiger partial charge < -0.3 is 4.90 Å². The Hall–Kier alpha value is -2.89. The first-order chi connectivity index (χ1) is 12.1. The molecule has 0 aliphatic carbocycles. The smallest absolute Gasteiger partial charge is 0.257 e. The summed E-state index contributed by atoms with van der Waals surface area (Å²) in [5, 5.41) is 8.53. The number of nitrogens with zero attached hydrogens (tertiary/aromatic N) is 5. The Morgan fingerprint density at radius 3 is 2.60 bits per heavy atom. The number of aromatic nitrogens is 4. The van der Waals surface area contributed by atoms with E-state index < -0.39 is 0 Å². The Morgan fingerprint density at radius 1 is 1.20 bits per heavy atom. The molecule has 0 atom stereocenters. The normalized spacial score (nSPS) is 10.8. The van der Waals surface area contributed by atoms with Gasteiger partial charge in [0.1, 0.15) is 0 Å². The third kappa shape index (κ3) is 3.63. The minimum Gasteiger partial charge on any atom is -0.337 e. The molecule has 6 nitrogen and oxygen atoms in total. The molecule has 1 aromatic carbocycles. The molecule has 0 aliphatic rings. The lowest BCUT2D eigenvalue weighted by Crippen LogP contribution is -2.26. The van der Waals surface area contributed by atoms with E-state index in [2.05, 4.69) is 17.1 Å². The third-order valence-electron chi connectivity index (χ3n) is 4.24. The first-order valence-electron chi connectivity index (χ1n) is 8.47.